The lowest BCUT2D eigenvalue weighted by Crippen LogP contribution is -2.51. The highest BCUT2D eigenvalue weighted by Crippen LogP contribution is 2.19. The standard InChI is InChI=1S/C20H24ClN5O2.HI/c21-16-4-6-17(7-5-16)25-8-10-26(11-9-25)20(23)24-13-15-2-1-3-18(12-15)28-14-19(22)27;/h1-7,12H,8-11,13-14H2,(H2,22,27)(H2,23,24);1H. The van der Waals surface area contributed by atoms with E-state index in [4.69, 9.17) is 27.8 Å². The molecule has 1 aliphatic rings. The normalized spacial score (nSPS) is 14.3. The van der Waals surface area contributed by atoms with Crippen molar-refractivity contribution in [2.45, 2.75) is 6.54 Å². The number of nitrogens with two attached hydrogens (primary N) is 2. The first kappa shape index (κ1) is 23.1. The van der Waals surface area contributed by atoms with E-state index in [9.17, 15) is 4.79 Å². The Kier molecular flexibility index (Phi) is 8.84. The topological polar surface area (TPSA) is 97.2 Å². The van der Waals surface area contributed by atoms with Crippen LogP contribution in [0.4, 0.5) is 5.69 Å². The van der Waals surface area contributed by atoms with Crippen LogP contribution in [0.5, 0.6) is 5.75 Å². The lowest BCUT2D eigenvalue weighted by atomic mass is 10.2. The van der Waals surface area contributed by atoms with Crippen molar-refractivity contribution in [2.75, 3.05) is 37.7 Å². The Morgan fingerprint density at radius 3 is 2.41 bits per heavy atom. The molecule has 0 aliphatic carbocycles. The van der Waals surface area contributed by atoms with Gasteiger partial charge in [-0.3, -0.25) is 4.79 Å². The number of primary amides is 1. The first-order valence-electron chi connectivity index (χ1n) is 9.07. The number of ether oxygens (including phenoxy) is 1. The van der Waals surface area contributed by atoms with Gasteiger partial charge in [-0.1, -0.05) is 23.7 Å². The fourth-order valence-corrected chi connectivity index (χ4v) is 3.13. The number of rotatable bonds is 6. The summed E-state index contributed by atoms with van der Waals surface area (Å²) in [6.07, 6.45) is 0. The molecule has 156 valence electrons. The number of halogens is 2. The van der Waals surface area contributed by atoms with Gasteiger partial charge in [0, 0.05) is 36.9 Å². The van der Waals surface area contributed by atoms with Crippen molar-refractivity contribution in [2.24, 2.45) is 16.5 Å². The summed E-state index contributed by atoms with van der Waals surface area (Å²) in [4.78, 5) is 19.7. The van der Waals surface area contributed by atoms with E-state index in [0.717, 1.165) is 42.5 Å². The van der Waals surface area contributed by atoms with Crippen LogP contribution in [0.2, 0.25) is 5.02 Å². The largest absolute Gasteiger partial charge is 0.484 e. The average Bonchev–Trinajstić information content (AvgIpc) is 2.71. The van der Waals surface area contributed by atoms with E-state index >= 15 is 0 Å². The summed E-state index contributed by atoms with van der Waals surface area (Å²) in [5.41, 5.74) is 13.4. The number of hydrogen-bond acceptors (Lipinski definition) is 4. The van der Waals surface area contributed by atoms with Gasteiger partial charge in [-0.05, 0) is 42.0 Å². The maximum Gasteiger partial charge on any atom is 0.255 e. The third-order valence-corrected chi connectivity index (χ3v) is 4.75. The van der Waals surface area contributed by atoms with Gasteiger partial charge in [0.1, 0.15) is 5.75 Å². The van der Waals surface area contributed by atoms with Crippen molar-refractivity contribution in [1.82, 2.24) is 4.90 Å². The average molecular weight is 530 g/mol. The molecule has 4 N–H and O–H groups in total. The highest BCUT2D eigenvalue weighted by Gasteiger charge is 2.18. The summed E-state index contributed by atoms with van der Waals surface area (Å²) in [6.45, 7) is 3.64. The summed E-state index contributed by atoms with van der Waals surface area (Å²) >= 11 is 5.95. The minimum atomic E-state index is -0.509. The summed E-state index contributed by atoms with van der Waals surface area (Å²) < 4.78 is 5.31. The Balaban J connectivity index is 0.00000300. The molecular formula is C20H25ClIN5O2. The monoisotopic (exact) mass is 529 g/mol. The summed E-state index contributed by atoms with van der Waals surface area (Å²) in [5, 5.41) is 0.739. The maximum atomic E-state index is 10.8. The number of hydrogen-bond donors (Lipinski definition) is 2. The second-order valence-electron chi connectivity index (χ2n) is 6.53. The molecule has 0 bridgehead atoms. The van der Waals surface area contributed by atoms with Crippen molar-refractivity contribution >= 4 is 53.1 Å². The predicted octanol–water partition coefficient (Wildman–Crippen LogP) is 2.46. The van der Waals surface area contributed by atoms with Gasteiger partial charge in [-0.15, -0.1) is 24.0 Å². The molecule has 3 rings (SSSR count). The van der Waals surface area contributed by atoms with Gasteiger partial charge in [0.15, 0.2) is 12.6 Å². The smallest absolute Gasteiger partial charge is 0.255 e. The number of nitrogens with zero attached hydrogens (tertiary/aromatic N) is 3. The van der Waals surface area contributed by atoms with Crippen LogP contribution >= 0.6 is 35.6 Å². The van der Waals surface area contributed by atoms with Crippen molar-refractivity contribution in [1.29, 1.82) is 0 Å². The van der Waals surface area contributed by atoms with Crippen LogP contribution in [-0.4, -0.2) is 49.6 Å². The zero-order chi connectivity index (χ0) is 19.9. The quantitative estimate of drug-likeness (QED) is 0.340. The summed E-state index contributed by atoms with van der Waals surface area (Å²) in [6, 6.07) is 15.3. The van der Waals surface area contributed by atoms with Crippen LogP contribution < -0.4 is 21.1 Å². The van der Waals surface area contributed by atoms with E-state index in [2.05, 4.69) is 14.8 Å². The van der Waals surface area contributed by atoms with Crippen molar-refractivity contribution < 1.29 is 9.53 Å². The number of carbonyl (C=O) groups excluding carboxylic acids is 1. The molecule has 1 fully saturated rings. The number of guanidine groups is 1. The van der Waals surface area contributed by atoms with Crippen LogP contribution in [0.15, 0.2) is 53.5 Å². The number of aliphatic imine (C=N–C) groups is 1. The number of anilines is 1. The second-order valence-corrected chi connectivity index (χ2v) is 6.96. The molecule has 1 heterocycles. The van der Waals surface area contributed by atoms with Gasteiger partial charge in [0.05, 0.1) is 6.54 Å². The third kappa shape index (κ3) is 6.97. The molecule has 1 aliphatic heterocycles. The minimum Gasteiger partial charge on any atom is -0.484 e. The third-order valence-electron chi connectivity index (χ3n) is 4.50. The van der Waals surface area contributed by atoms with Crippen LogP contribution in [0.25, 0.3) is 0 Å². The van der Waals surface area contributed by atoms with E-state index in [-0.39, 0.29) is 30.6 Å². The number of piperazine rings is 1. The Labute approximate surface area is 192 Å². The molecule has 0 spiro atoms. The van der Waals surface area contributed by atoms with Crippen molar-refractivity contribution in [3.8, 4) is 5.75 Å². The van der Waals surface area contributed by atoms with Crippen molar-refractivity contribution in [3.05, 3.63) is 59.1 Å². The molecule has 1 amide bonds. The number of benzene rings is 2. The molecule has 1 saturated heterocycles. The lowest BCUT2D eigenvalue weighted by Gasteiger charge is -2.36. The highest BCUT2D eigenvalue weighted by atomic mass is 127. The molecule has 2 aromatic rings. The van der Waals surface area contributed by atoms with Gasteiger partial charge >= 0.3 is 0 Å². The van der Waals surface area contributed by atoms with E-state index in [1.807, 2.05) is 42.5 Å². The molecule has 0 unspecified atom stereocenters. The molecule has 9 heteroatoms. The Hall–Kier alpha value is -2.20. The minimum absolute atomic E-state index is 0. The van der Waals surface area contributed by atoms with Gasteiger partial charge in [0.2, 0.25) is 0 Å². The predicted molar refractivity (Wildman–Crippen MR) is 127 cm³/mol. The lowest BCUT2D eigenvalue weighted by molar-refractivity contribution is -0.119. The van der Waals surface area contributed by atoms with E-state index < -0.39 is 5.91 Å². The number of amides is 1. The summed E-state index contributed by atoms with van der Waals surface area (Å²) in [7, 11) is 0. The molecule has 0 aromatic heterocycles. The first-order chi connectivity index (χ1) is 13.5. The molecule has 7 nitrogen and oxygen atoms in total. The van der Waals surface area contributed by atoms with E-state index in [1.165, 1.54) is 0 Å². The zero-order valence-electron chi connectivity index (χ0n) is 16.0. The van der Waals surface area contributed by atoms with Crippen LogP contribution in [-0.2, 0) is 11.3 Å². The van der Waals surface area contributed by atoms with E-state index in [1.54, 1.807) is 6.07 Å². The Morgan fingerprint density at radius 1 is 1.07 bits per heavy atom. The van der Waals surface area contributed by atoms with Crippen LogP contribution in [0.1, 0.15) is 5.56 Å². The van der Waals surface area contributed by atoms with E-state index in [0.29, 0.717) is 18.3 Å². The number of carbonyl (C=O) groups is 1. The molecule has 0 atom stereocenters. The summed E-state index contributed by atoms with van der Waals surface area (Å²) in [5.74, 6) is 0.603. The fraction of sp³-hybridized carbons (Fsp3) is 0.300. The van der Waals surface area contributed by atoms with Gasteiger partial charge in [-0.2, -0.15) is 0 Å². The Bertz CT molecular complexity index is 839. The van der Waals surface area contributed by atoms with Gasteiger partial charge in [-0.25, -0.2) is 4.99 Å². The second kappa shape index (κ2) is 11.1. The Morgan fingerprint density at radius 2 is 1.76 bits per heavy atom. The first-order valence-corrected chi connectivity index (χ1v) is 9.44. The van der Waals surface area contributed by atoms with Crippen LogP contribution in [0.3, 0.4) is 0 Å². The molecular weight excluding hydrogens is 505 g/mol. The van der Waals surface area contributed by atoms with Crippen LogP contribution in [0, 0.1) is 0 Å². The fourth-order valence-electron chi connectivity index (χ4n) is 3.01. The van der Waals surface area contributed by atoms with Gasteiger partial charge < -0.3 is 26.0 Å². The molecule has 0 saturated carbocycles. The highest BCUT2D eigenvalue weighted by molar-refractivity contribution is 14.0. The maximum absolute atomic E-state index is 10.8. The molecule has 29 heavy (non-hydrogen) atoms. The molecule has 2 aromatic carbocycles. The van der Waals surface area contributed by atoms with Gasteiger partial charge in [0.25, 0.3) is 5.91 Å². The molecule has 0 radical (unpaired) electrons. The zero-order valence-corrected chi connectivity index (χ0v) is 19.0. The SMILES string of the molecule is I.NC(=O)COc1cccc(CN=C(N)N2CCN(c3ccc(Cl)cc3)CC2)c1. The van der Waals surface area contributed by atoms with Crippen molar-refractivity contribution in [3.63, 3.8) is 0 Å².